The Labute approximate surface area is 128 Å². The van der Waals surface area contributed by atoms with E-state index < -0.39 is 5.60 Å². The summed E-state index contributed by atoms with van der Waals surface area (Å²) in [6.45, 7) is 7.83. The first-order valence-corrected chi connectivity index (χ1v) is 8.25. The number of carbonyl (C=O) groups is 1. The summed E-state index contributed by atoms with van der Waals surface area (Å²) in [4.78, 5) is 14.1. The first-order chi connectivity index (χ1) is 9.87. The summed E-state index contributed by atoms with van der Waals surface area (Å²) in [6, 6.07) is 0.181. The lowest BCUT2D eigenvalue weighted by Gasteiger charge is -2.37. The Morgan fingerprint density at radius 3 is 2.67 bits per heavy atom. The van der Waals surface area contributed by atoms with E-state index in [1.54, 1.807) is 0 Å². The Bertz CT molecular complexity index is 350. The number of ether oxygens (including phenoxy) is 1. The van der Waals surface area contributed by atoms with Crippen LogP contribution in [0.3, 0.4) is 0 Å². The topological polar surface area (TPSA) is 61.8 Å². The molecule has 122 valence electrons. The zero-order valence-corrected chi connectivity index (χ0v) is 13.6. The largest absolute Gasteiger partial charge is 0.444 e. The quantitative estimate of drug-likeness (QED) is 0.816. The Morgan fingerprint density at radius 2 is 2.05 bits per heavy atom. The van der Waals surface area contributed by atoms with Gasteiger partial charge in [0.2, 0.25) is 0 Å². The van der Waals surface area contributed by atoms with Crippen molar-refractivity contribution in [1.29, 1.82) is 0 Å². The van der Waals surface area contributed by atoms with Crippen molar-refractivity contribution in [3.63, 3.8) is 0 Å². The second-order valence-corrected chi connectivity index (χ2v) is 7.39. The minimum atomic E-state index is -0.450. The highest BCUT2D eigenvalue weighted by molar-refractivity contribution is 5.68. The molecule has 0 aromatic rings. The van der Waals surface area contributed by atoms with Crippen LogP contribution in [-0.2, 0) is 4.74 Å². The first kappa shape index (κ1) is 16.6. The lowest BCUT2D eigenvalue weighted by atomic mass is 10.0. The number of aliphatic hydroxyl groups excluding tert-OH is 1. The number of amides is 1. The van der Waals surface area contributed by atoms with E-state index in [1.807, 2.05) is 25.7 Å². The molecule has 1 saturated carbocycles. The van der Waals surface area contributed by atoms with Gasteiger partial charge in [0.05, 0.1) is 6.10 Å². The van der Waals surface area contributed by atoms with Crippen molar-refractivity contribution < 1.29 is 14.6 Å². The number of likely N-dealkylation sites (tertiary alicyclic amines) is 1. The second kappa shape index (κ2) is 6.97. The fourth-order valence-electron chi connectivity index (χ4n) is 2.82. The van der Waals surface area contributed by atoms with Crippen molar-refractivity contribution in [2.75, 3.05) is 19.6 Å². The van der Waals surface area contributed by atoms with Gasteiger partial charge in [0.15, 0.2) is 0 Å². The molecule has 2 rings (SSSR count). The summed E-state index contributed by atoms with van der Waals surface area (Å²) in [5, 5.41) is 13.2. The third kappa shape index (κ3) is 5.47. The van der Waals surface area contributed by atoms with E-state index >= 15 is 0 Å². The molecule has 0 spiro atoms. The van der Waals surface area contributed by atoms with Crippen LogP contribution in [0.2, 0.25) is 0 Å². The summed E-state index contributed by atoms with van der Waals surface area (Å²) >= 11 is 0. The lowest BCUT2D eigenvalue weighted by molar-refractivity contribution is 0.00963. The van der Waals surface area contributed by atoms with Gasteiger partial charge in [-0.2, -0.15) is 0 Å². The fourth-order valence-corrected chi connectivity index (χ4v) is 2.82. The number of nitrogens with zero attached hydrogens (tertiary/aromatic N) is 1. The van der Waals surface area contributed by atoms with Gasteiger partial charge in [-0.1, -0.05) is 0 Å². The van der Waals surface area contributed by atoms with Crippen LogP contribution in [0.5, 0.6) is 0 Å². The molecular weight excluding hydrogens is 268 g/mol. The maximum Gasteiger partial charge on any atom is 0.410 e. The molecule has 1 aliphatic heterocycles. The van der Waals surface area contributed by atoms with Crippen molar-refractivity contribution >= 4 is 6.09 Å². The number of carbonyl (C=O) groups excluding carboxylic acids is 1. The third-order valence-electron chi connectivity index (χ3n) is 4.15. The lowest BCUT2D eigenvalue weighted by Crippen LogP contribution is -2.50. The molecule has 0 aromatic heterocycles. The van der Waals surface area contributed by atoms with Crippen molar-refractivity contribution in [2.45, 2.75) is 70.6 Å². The maximum absolute atomic E-state index is 12.3. The summed E-state index contributed by atoms with van der Waals surface area (Å²) in [5.41, 5.74) is -0.450. The normalized spacial score (nSPS) is 24.8. The van der Waals surface area contributed by atoms with Crippen molar-refractivity contribution in [2.24, 2.45) is 5.92 Å². The highest BCUT2D eigenvalue weighted by Crippen LogP contribution is 2.32. The Hall–Kier alpha value is -0.810. The average Bonchev–Trinajstić information content (AvgIpc) is 3.21. The Balaban J connectivity index is 1.78. The molecule has 2 atom stereocenters. The maximum atomic E-state index is 12.3. The van der Waals surface area contributed by atoms with Crippen LogP contribution < -0.4 is 5.32 Å². The number of aliphatic hydroxyl groups is 1. The van der Waals surface area contributed by atoms with E-state index in [1.165, 1.54) is 0 Å². The Morgan fingerprint density at radius 1 is 1.33 bits per heavy atom. The van der Waals surface area contributed by atoms with Gasteiger partial charge >= 0.3 is 6.09 Å². The zero-order chi connectivity index (χ0) is 15.5. The van der Waals surface area contributed by atoms with Gasteiger partial charge in [-0.15, -0.1) is 0 Å². The molecule has 21 heavy (non-hydrogen) atoms. The standard InChI is InChI=1S/C16H30N2O3/c1-16(2,3)21-15(20)18-9-5-4-6-13(18)10-17-11-14(19)12-7-8-12/h12-14,17,19H,4-11H2,1-3H3. The molecule has 2 N–H and O–H groups in total. The smallest absolute Gasteiger partial charge is 0.410 e. The molecular formula is C16H30N2O3. The SMILES string of the molecule is CC(C)(C)OC(=O)N1CCCCC1CNCC(O)C1CC1. The van der Waals surface area contributed by atoms with Crippen molar-refractivity contribution in [3.05, 3.63) is 0 Å². The monoisotopic (exact) mass is 298 g/mol. The van der Waals surface area contributed by atoms with E-state index in [0.717, 1.165) is 45.2 Å². The summed E-state index contributed by atoms with van der Waals surface area (Å²) in [5.74, 6) is 0.491. The highest BCUT2D eigenvalue weighted by atomic mass is 16.6. The first-order valence-electron chi connectivity index (χ1n) is 8.25. The Kier molecular flexibility index (Phi) is 5.49. The number of piperidine rings is 1. The molecule has 5 heteroatoms. The fraction of sp³-hybridized carbons (Fsp3) is 0.938. The van der Waals surface area contributed by atoms with Gasteiger partial charge in [-0.05, 0) is 58.8 Å². The summed E-state index contributed by atoms with van der Waals surface area (Å²) in [6.07, 6.45) is 5.05. The third-order valence-corrected chi connectivity index (χ3v) is 4.15. The molecule has 1 heterocycles. The molecule has 2 fully saturated rings. The van der Waals surface area contributed by atoms with Crippen LogP contribution >= 0.6 is 0 Å². The molecule has 0 aromatic carbocycles. The number of nitrogens with one attached hydrogen (secondary N) is 1. The van der Waals surface area contributed by atoms with Gasteiger partial charge in [0, 0.05) is 25.7 Å². The van der Waals surface area contributed by atoms with Crippen molar-refractivity contribution in [3.8, 4) is 0 Å². The zero-order valence-electron chi connectivity index (χ0n) is 13.6. The van der Waals surface area contributed by atoms with Gasteiger partial charge in [-0.25, -0.2) is 4.79 Å². The summed E-state index contributed by atoms with van der Waals surface area (Å²) in [7, 11) is 0. The predicted molar refractivity (Wildman–Crippen MR) is 82.2 cm³/mol. The van der Waals surface area contributed by atoms with Crippen LogP contribution in [0.4, 0.5) is 4.79 Å². The number of rotatable bonds is 5. The molecule has 0 radical (unpaired) electrons. The van der Waals surface area contributed by atoms with Gasteiger partial charge in [0.25, 0.3) is 0 Å². The van der Waals surface area contributed by atoms with E-state index in [9.17, 15) is 9.90 Å². The molecule has 2 unspecified atom stereocenters. The summed E-state index contributed by atoms with van der Waals surface area (Å²) < 4.78 is 5.49. The minimum absolute atomic E-state index is 0.181. The molecule has 1 amide bonds. The van der Waals surface area contributed by atoms with E-state index in [0.29, 0.717) is 12.5 Å². The van der Waals surface area contributed by atoms with Crippen LogP contribution in [-0.4, -0.2) is 53.5 Å². The molecule has 5 nitrogen and oxygen atoms in total. The van der Waals surface area contributed by atoms with Crippen LogP contribution in [0.15, 0.2) is 0 Å². The molecule has 0 bridgehead atoms. The van der Waals surface area contributed by atoms with Gasteiger partial charge < -0.3 is 20.1 Å². The molecule has 2 aliphatic rings. The molecule has 1 aliphatic carbocycles. The number of hydrogen-bond acceptors (Lipinski definition) is 4. The van der Waals surface area contributed by atoms with E-state index in [4.69, 9.17) is 4.74 Å². The van der Waals surface area contributed by atoms with Gasteiger partial charge in [0.1, 0.15) is 5.60 Å². The van der Waals surface area contributed by atoms with Crippen LogP contribution in [0.1, 0.15) is 52.9 Å². The minimum Gasteiger partial charge on any atom is -0.444 e. The van der Waals surface area contributed by atoms with E-state index in [2.05, 4.69) is 5.32 Å². The average molecular weight is 298 g/mol. The highest BCUT2D eigenvalue weighted by Gasteiger charge is 2.32. The van der Waals surface area contributed by atoms with Gasteiger partial charge in [-0.3, -0.25) is 0 Å². The molecule has 1 saturated heterocycles. The second-order valence-electron chi connectivity index (χ2n) is 7.39. The predicted octanol–water partition coefficient (Wildman–Crippen LogP) is 2.14. The van der Waals surface area contributed by atoms with Crippen LogP contribution in [0, 0.1) is 5.92 Å². The van der Waals surface area contributed by atoms with Crippen LogP contribution in [0.25, 0.3) is 0 Å². The number of hydrogen-bond donors (Lipinski definition) is 2. The van der Waals surface area contributed by atoms with E-state index in [-0.39, 0.29) is 18.2 Å². The van der Waals surface area contributed by atoms with Crippen molar-refractivity contribution in [1.82, 2.24) is 10.2 Å².